The van der Waals surface area contributed by atoms with E-state index >= 15 is 0 Å². The molecule has 5 nitrogen and oxygen atoms in total. The van der Waals surface area contributed by atoms with Gasteiger partial charge >= 0.3 is 11.9 Å². The maximum absolute atomic E-state index is 12.9. The summed E-state index contributed by atoms with van der Waals surface area (Å²) in [6, 6.07) is 0. The zero-order chi connectivity index (χ0) is 20.3. The maximum Gasteiger partial charge on any atom is 0.314 e. The quantitative estimate of drug-likeness (QED) is 0.485. The van der Waals surface area contributed by atoms with Gasteiger partial charge in [-0.1, -0.05) is 18.7 Å². The van der Waals surface area contributed by atoms with Crippen molar-refractivity contribution in [2.75, 3.05) is 6.61 Å². The summed E-state index contributed by atoms with van der Waals surface area (Å²) in [5, 5.41) is 2.88. The Morgan fingerprint density at radius 1 is 1.31 bits per heavy atom. The minimum atomic E-state index is -0.838. The Morgan fingerprint density at radius 2 is 1.92 bits per heavy atom. The molecule has 0 aliphatic rings. The van der Waals surface area contributed by atoms with Crippen molar-refractivity contribution in [3.8, 4) is 0 Å². The molecule has 0 aromatic heterocycles. The van der Waals surface area contributed by atoms with Crippen LogP contribution in [0.5, 0.6) is 0 Å². The number of ether oxygens (including phenoxy) is 2. The van der Waals surface area contributed by atoms with E-state index in [4.69, 9.17) is 9.47 Å². The normalized spacial score (nSPS) is 14.1. The second kappa shape index (κ2) is 11.3. The van der Waals surface area contributed by atoms with Gasteiger partial charge in [0.1, 0.15) is 11.4 Å². The van der Waals surface area contributed by atoms with E-state index in [9.17, 15) is 14.0 Å². The van der Waals surface area contributed by atoms with Gasteiger partial charge in [0.2, 0.25) is 0 Å². The van der Waals surface area contributed by atoms with E-state index in [1.54, 1.807) is 59.9 Å². The molecule has 0 rings (SSSR count). The molecular weight excluding hydrogens is 337 g/mol. The highest BCUT2D eigenvalue weighted by Gasteiger charge is 2.28. The van der Waals surface area contributed by atoms with Gasteiger partial charge in [0, 0.05) is 11.9 Å². The van der Waals surface area contributed by atoms with Crippen LogP contribution in [0.1, 0.15) is 48.0 Å². The Hall–Kier alpha value is -2.37. The molecule has 146 valence electrons. The Kier molecular flexibility index (Phi) is 10.3. The summed E-state index contributed by atoms with van der Waals surface area (Å²) in [5.41, 5.74) is 0.369. The highest BCUT2D eigenvalue weighted by atomic mass is 19.1. The molecule has 1 N–H and O–H groups in total. The number of hydrogen-bond acceptors (Lipinski definition) is 5. The molecule has 0 bridgehead atoms. The highest BCUT2D eigenvalue weighted by molar-refractivity contribution is 5.83. The number of nitrogens with one attached hydrogen (secondary N) is 1. The Balaban J connectivity index is 5.58. The van der Waals surface area contributed by atoms with Crippen LogP contribution in [0.25, 0.3) is 0 Å². The van der Waals surface area contributed by atoms with Crippen molar-refractivity contribution >= 4 is 11.9 Å². The first kappa shape index (κ1) is 23.6. The van der Waals surface area contributed by atoms with Gasteiger partial charge in [-0.25, -0.2) is 4.39 Å². The standard InChI is InChI=1S/C20H30FNO4/c1-8-10-16(13-22-15(4)11-14(3)21)17(19(24)25-9-2)12-18(23)26-20(5,6)7/h8,10-11,13,17,22H,3,9,12H2,1-2,4-7H3/b10-8+,15-11+,16-13+. The van der Waals surface area contributed by atoms with Crippen LogP contribution in [0.3, 0.4) is 0 Å². The largest absolute Gasteiger partial charge is 0.466 e. The van der Waals surface area contributed by atoms with Crippen LogP contribution >= 0.6 is 0 Å². The van der Waals surface area contributed by atoms with E-state index in [1.165, 1.54) is 6.08 Å². The molecule has 0 aromatic carbocycles. The van der Waals surface area contributed by atoms with Crippen LogP contribution in [0.2, 0.25) is 0 Å². The van der Waals surface area contributed by atoms with Crippen LogP contribution in [0.4, 0.5) is 4.39 Å². The molecule has 1 atom stereocenters. The van der Waals surface area contributed by atoms with Gasteiger partial charge in [-0.2, -0.15) is 0 Å². The summed E-state index contributed by atoms with van der Waals surface area (Å²) < 4.78 is 23.3. The summed E-state index contributed by atoms with van der Waals surface area (Å²) in [5.74, 6) is -2.46. The summed E-state index contributed by atoms with van der Waals surface area (Å²) in [6.07, 6.45) is 6.03. The van der Waals surface area contributed by atoms with Crippen LogP contribution in [0.15, 0.2) is 48.1 Å². The lowest BCUT2D eigenvalue weighted by Crippen LogP contribution is -2.29. The fraction of sp³-hybridized carbons (Fsp3) is 0.500. The third-order valence-corrected chi connectivity index (χ3v) is 2.96. The number of allylic oxidation sites excluding steroid dienone is 5. The predicted molar refractivity (Wildman–Crippen MR) is 101 cm³/mol. The number of esters is 2. The second-order valence-corrected chi connectivity index (χ2v) is 6.66. The smallest absolute Gasteiger partial charge is 0.314 e. The van der Waals surface area contributed by atoms with E-state index < -0.39 is 29.3 Å². The molecule has 0 aromatic rings. The zero-order valence-electron chi connectivity index (χ0n) is 16.5. The molecule has 0 aliphatic heterocycles. The van der Waals surface area contributed by atoms with Gasteiger partial charge < -0.3 is 14.8 Å². The number of carbonyl (C=O) groups excluding carboxylic acids is 2. The third-order valence-electron chi connectivity index (χ3n) is 2.96. The summed E-state index contributed by atoms with van der Waals surface area (Å²) in [7, 11) is 0. The van der Waals surface area contributed by atoms with Crippen molar-refractivity contribution in [2.45, 2.75) is 53.6 Å². The Morgan fingerprint density at radius 3 is 2.38 bits per heavy atom. The van der Waals surface area contributed by atoms with Crippen LogP contribution in [-0.2, 0) is 19.1 Å². The third kappa shape index (κ3) is 10.5. The fourth-order valence-corrected chi connectivity index (χ4v) is 2.06. The molecule has 0 saturated carbocycles. The summed E-state index contributed by atoms with van der Waals surface area (Å²) in [6.45, 7) is 13.8. The van der Waals surface area contributed by atoms with Gasteiger partial charge in [0.25, 0.3) is 0 Å². The number of rotatable bonds is 9. The fourth-order valence-electron chi connectivity index (χ4n) is 2.06. The predicted octanol–water partition coefficient (Wildman–Crippen LogP) is 4.33. The van der Waals surface area contributed by atoms with Crippen LogP contribution in [-0.4, -0.2) is 24.1 Å². The van der Waals surface area contributed by atoms with Gasteiger partial charge in [0.05, 0.1) is 18.9 Å². The lowest BCUT2D eigenvalue weighted by Gasteiger charge is -2.22. The lowest BCUT2D eigenvalue weighted by molar-refractivity contribution is -0.160. The van der Waals surface area contributed by atoms with Crippen molar-refractivity contribution < 1.29 is 23.5 Å². The average Bonchev–Trinajstić information content (AvgIpc) is 2.47. The minimum Gasteiger partial charge on any atom is -0.466 e. The average molecular weight is 367 g/mol. The molecule has 0 saturated heterocycles. The molecule has 0 amide bonds. The monoisotopic (exact) mass is 367 g/mol. The Bertz CT molecular complexity index is 597. The van der Waals surface area contributed by atoms with E-state index in [0.29, 0.717) is 11.3 Å². The van der Waals surface area contributed by atoms with Crippen molar-refractivity contribution in [3.05, 3.63) is 48.1 Å². The van der Waals surface area contributed by atoms with Crippen LogP contribution < -0.4 is 5.32 Å². The minimum absolute atomic E-state index is 0.160. The first-order valence-electron chi connectivity index (χ1n) is 8.50. The second-order valence-electron chi connectivity index (χ2n) is 6.66. The van der Waals surface area contributed by atoms with E-state index in [-0.39, 0.29) is 13.0 Å². The molecule has 0 spiro atoms. The first-order chi connectivity index (χ1) is 12.0. The molecule has 0 fully saturated rings. The lowest BCUT2D eigenvalue weighted by atomic mass is 9.95. The SMILES string of the molecule is C=C(F)/C=C(\C)N/C=C(\C=C\C)C(CC(=O)OC(C)(C)C)C(=O)OCC. The van der Waals surface area contributed by atoms with Crippen molar-refractivity contribution in [1.82, 2.24) is 5.32 Å². The van der Waals surface area contributed by atoms with Gasteiger partial charge in [0.15, 0.2) is 0 Å². The number of halogens is 1. The van der Waals surface area contributed by atoms with Crippen LogP contribution in [0, 0.1) is 5.92 Å². The van der Waals surface area contributed by atoms with E-state index in [2.05, 4.69) is 11.9 Å². The van der Waals surface area contributed by atoms with Gasteiger partial charge in [-0.3, -0.25) is 9.59 Å². The molecule has 0 heterocycles. The molecule has 0 radical (unpaired) electrons. The molecule has 6 heteroatoms. The summed E-state index contributed by atoms with van der Waals surface area (Å²) >= 11 is 0. The zero-order valence-corrected chi connectivity index (χ0v) is 16.5. The van der Waals surface area contributed by atoms with E-state index in [0.717, 1.165) is 0 Å². The van der Waals surface area contributed by atoms with Gasteiger partial charge in [-0.05, 0) is 53.2 Å². The van der Waals surface area contributed by atoms with Crippen molar-refractivity contribution in [3.63, 3.8) is 0 Å². The van der Waals surface area contributed by atoms with Crippen molar-refractivity contribution in [2.24, 2.45) is 5.92 Å². The molecular formula is C20H30FNO4. The number of hydrogen-bond donors (Lipinski definition) is 1. The topological polar surface area (TPSA) is 64.6 Å². The maximum atomic E-state index is 12.9. The van der Waals surface area contributed by atoms with Crippen molar-refractivity contribution in [1.29, 1.82) is 0 Å². The van der Waals surface area contributed by atoms with E-state index in [1.807, 2.05) is 0 Å². The highest BCUT2D eigenvalue weighted by Crippen LogP contribution is 2.21. The van der Waals surface area contributed by atoms with Gasteiger partial charge in [-0.15, -0.1) is 0 Å². The Labute approximate surface area is 155 Å². The molecule has 0 aliphatic carbocycles. The summed E-state index contributed by atoms with van der Waals surface area (Å²) in [4.78, 5) is 24.6. The molecule has 1 unspecified atom stereocenters. The number of carbonyl (C=O) groups is 2. The molecule has 26 heavy (non-hydrogen) atoms. The first-order valence-corrected chi connectivity index (χ1v) is 8.50.